The Balaban J connectivity index is 1.38. The average Bonchev–Trinajstić information content (AvgIpc) is 2.87. The van der Waals surface area contributed by atoms with Crippen LogP contribution >= 0.6 is 11.6 Å². The first kappa shape index (κ1) is 25.3. The zero-order valence-corrected chi connectivity index (χ0v) is 22.2. The summed E-state index contributed by atoms with van der Waals surface area (Å²) < 4.78 is 5.91. The Labute approximate surface area is 224 Å². The highest BCUT2D eigenvalue weighted by atomic mass is 35.5. The van der Waals surface area contributed by atoms with E-state index in [1.54, 1.807) is 19.1 Å². The van der Waals surface area contributed by atoms with E-state index in [1.807, 2.05) is 77.4 Å². The van der Waals surface area contributed by atoms with E-state index < -0.39 is 0 Å². The lowest BCUT2D eigenvalue weighted by Gasteiger charge is -2.43. The molecular formula is C31H33ClN2O3. The highest BCUT2D eigenvalue weighted by Crippen LogP contribution is 2.43. The molecule has 192 valence electrons. The molecule has 2 atom stereocenters. The quantitative estimate of drug-likeness (QED) is 0.328. The van der Waals surface area contributed by atoms with Crippen molar-refractivity contribution in [1.29, 1.82) is 0 Å². The molecule has 3 aromatic rings. The van der Waals surface area contributed by atoms with Gasteiger partial charge in [0, 0.05) is 34.9 Å². The van der Waals surface area contributed by atoms with Gasteiger partial charge in [-0.2, -0.15) is 0 Å². The van der Waals surface area contributed by atoms with E-state index in [9.17, 15) is 9.59 Å². The third-order valence-corrected chi connectivity index (χ3v) is 7.91. The first-order valence-electron chi connectivity index (χ1n) is 13.1. The topological polar surface area (TPSA) is 49.9 Å². The number of carbonyl (C=O) groups excluding carboxylic acids is 2. The lowest BCUT2D eigenvalue weighted by Crippen LogP contribution is -2.47. The highest BCUT2D eigenvalue weighted by molar-refractivity contribution is 6.30. The molecule has 0 N–H and O–H groups in total. The van der Waals surface area contributed by atoms with Gasteiger partial charge in [0.1, 0.15) is 5.75 Å². The van der Waals surface area contributed by atoms with Crippen molar-refractivity contribution in [3.05, 3.63) is 88.9 Å². The molecule has 1 aliphatic carbocycles. The Hall–Kier alpha value is -3.31. The number of amides is 2. The Morgan fingerprint density at radius 1 is 1.00 bits per heavy atom. The molecule has 1 fully saturated rings. The van der Waals surface area contributed by atoms with Crippen molar-refractivity contribution in [2.45, 2.75) is 58.0 Å². The number of hydrogen-bond donors (Lipinski definition) is 0. The average molecular weight is 517 g/mol. The normalized spacial score (nSPS) is 19.1. The van der Waals surface area contributed by atoms with Crippen LogP contribution < -0.4 is 14.5 Å². The van der Waals surface area contributed by atoms with Crippen LogP contribution in [0.1, 0.15) is 67.9 Å². The van der Waals surface area contributed by atoms with Gasteiger partial charge < -0.3 is 14.5 Å². The molecule has 5 nitrogen and oxygen atoms in total. The molecule has 6 heteroatoms. The summed E-state index contributed by atoms with van der Waals surface area (Å²) in [4.78, 5) is 30.3. The molecular weight excluding hydrogens is 484 g/mol. The van der Waals surface area contributed by atoms with Crippen LogP contribution in [0, 0.1) is 5.92 Å². The zero-order valence-electron chi connectivity index (χ0n) is 21.4. The van der Waals surface area contributed by atoms with Crippen molar-refractivity contribution in [3.63, 3.8) is 0 Å². The summed E-state index contributed by atoms with van der Waals surface area (Å²) in [6, 6.07) is 22.3. The van der Waals surface area contributed by atoms with Crippen LogP contribution in [0.2, 0.25) is 5.02 Å². The van der Waals surface area contributed by atoms with Gasteiger partial charge in [-0.15, -0.1) is 0 Å². The Bertz CT molecular complexity index is 1250. The lowest BCUT2D eigenvalue weighted by atomic mass is 9.83. The van der Waals surface area contributed by atoms with Crippen molar-refractivity contribution in [1.82, 2.24) is 0 Å². The Morgan fingerprint density at radius 2 is 1.70 bits per heavy atom. The second-order valence-electron chi connectivity index (χ2n) is 10.2. The van der Waals surface area contributed by atoms with Gasteiger partial charge in [-0.3, -0.25) is 9.59 Å². The van der Waals surface area contributed by atoms with Crippen LogP contribution in [0.5, 0.6) is 5.75 Å². The van der Waals surface area contributed by atoms with Crippen LogP contribution in [-0.2, 0) is 4.79 Å². The van der Waals surface area contributed by atoms with Crippen LogP contribution in [0.3, 0.4) is 0 Å². The SMILES string of the molecule is CC(=O)N(c1ccc(Cl)cc1)C1CC(C)N(C(=O)c2ccc(OCCC3CCC3)cc2)c2ccccc21. The summed E-state index contributed by atoms with van der Waals surface area (Å²) in [5.74, 6) is 1.49. The monoisotopic (exact) mass is 516 g/mol. The molecule has 1 aliphatic heterocycles. The van der Waals surface area contributed by atoms with Gasteiger partial charge in [-0.05, 0) is 85.8 Å². The molecule has 0 saturated heterocycles. The molecule has 1 heterocycles. The largest absolute Gasteiger partial charge is 0.494 e. The van der Waals surface area contributed by atoms with Gasteiger partial charge in [0.2, 0.25) is 5.91 Å². The molecule has 3 aromatic carbocycles. The summed E-state index contributed by atoms with van der Waals surface area (Å²) in [6.07, 6.45) is 5.69. The fourth-order valence-corrected chi connectivity index (χ4v) is 5.60. The van der Waals surface area contributed by atoms with Crippen molar-refractivity contribution in [2.24, 2.45) is 5.92 Å². The predicted molar refractivity (Wildman–Crippen MR) is 149 cm³/mol. The molecule has 0 spiro atoms. The van der Waals surface area contributed by atoms with Crippen LogP contribution in [0.4, 0.5) is 11.4 Å². The van der Waals surface area contributed by atoms with E-state index in [0.717, 1.165) is 41.6 Å². The van der Waals surface area contributed by atoms with Crippen molar-refractivity contribution >= 4 is 34.8 Å². The van der Waals surface area contributed by atoms with Gasteiger partial charge in [0.05, 0.1) is 12.6 Å². The van der Waals surface area contributed by atoms with E-state index in [-0.39, 0.29) is 23.9 Å². The molecule has 1 saturated carbocycles. The first-order chi connectivity index (χ1) is 17.9. The molecule has 37 heavy (non-hydrogen) atoms. The number of carbonyl (C=O) groups is 2. The van der Waals surface area contributed by atoms with Gasteiger partial charge in [-0.1, -0.05) is 49.1 Å². The maximum atomic E-state index is 13.7. The van der Waals surface area contributed by atoms with Crippen LogP contribution in [0.25, 0.3) is 0 Å². The molecule has 2 aliphatic rings. The van der Waals surface area contributed by atoms with Crippen molar-refractivity contribution < 1.29 is 14.3 Å². The van der Waals surface area contributed by atoms with Crippen molar-refractivity contribution in [3.8, 4) is 5.75 Å². The van der Waals surface area contributed by atoms with E-state index in [2.05, 4.69) is 0 Å². The zero-order chi connectivity index (χ0) is 25.9. The molecule has 2 amide bonds. The predicted octanol–water partition coefficient (Wildman–Crippen LogP) is 7.44. The second kappa shape index (κ2) is 11.0. The maximum absolute atomic E-state index is 13.7. The highest BCUT2D eigenvalue weighted by Gasteiger charge is 2.38. The fraction of sp³-hybridized carbons (Fsp3) is 0.355. The Morgan fingerprint density at radius 3 is 2.35 bits per heavy atom. The number of fused-ring (bicyclic) bond motifs is 1. The number of rotatable bonds is 7. The first-order valence-corrected chi connectivity index (χ1v) is 13.5. The summed E-state index contributed by atoms with van der Waals surface area (Å²) >= 11 is 6.10. The van der Waals surface area contributed by atoms with Crippen LogP contribution in [-0.4, -0.2) is 24.5 Å². The molecule has 5 rings (SSSR count). The Kier molecular flexibility index (Phi) is 7.52. The smallest absolute Gasteiger partial charge is 0.258 e. The summed E-state index contributed by atoms with van der Waals surface area (Å²) in [6.45, 7) is 4.34. The summed E-state index contributed by atoms with van der Waals surface area (Å²) in [5.41, 5.74) is 3.19. The molecule has 2 unspecified atom stereocenters. The standard InChI is InChI=1S/C31H33ClN2O3/c1-21-20-30(34(22(2)35)26-14-12-25(32)13-15-26)28-8-3-4-9-29(28)33(21)31(36)24-10-16-27(17-11-24)37-19-18-23-6-5-7-23/h3-4,8-17,21,23,30H,5-7,18-20H2,1-2H3. The van der Waals surface area contributed by atoms with Gasteiger partial charge >= 0.3 is 0 Å². The molecule has 0 radical (unpaired) electrons. The van der Waals surface area contributed by atoms with E-state index in [0.29, 0.717) is 17.0 Å². The minimum absolute atomic E-state index is 0.0537. The number of halogens is 1. The minimum Gasteiger partial charge on any atom is -0.494 e. The molecule has 0 bridgehead atoms. The lowest BCUT2D eigenvalue weighted by molar-refractivity contribution is -0.117. The number of hydrogen-bond acceptors (Lipinski definition) is 3. The third-order valence-electron chi connectivity index (χ3n) is 7.66. The van der Waals surface area contributed by atoms with E-state index >= 15 is 0 Å². The van der Waals surface area contributed by atoms with Gasteiger partial charge in [0.25, 0.3) is 5.91 Å². The summed E-state index contributed by atoms with van der Waals surface area (Å²) in [5, 5.41) is 0.621. The summed E-state index contributed by atoms with van der Waals surface area (Å²) in [7, 11) is 0. The van der Waals surface area contributed by atoms with Crippen molar-refractivity contribution in [2.75, 3.05) is 16.4 Å². The molecule has 0 aromatic heterocycles. The van der Waals surface area contributed by atoms with E-state index in [1.165, 1.54) is 19.3 Å². The van der Waals surface area contributed by atoms with Gasteiger partial charge in [-0.25, -0.2) is 0 Å². The van der Waals surface area contributed by atoms with E-state index in [4.69, 9.17) is 16.3 Å². The second-order valence-corrected chi connectivity index (χ2v) is 10.6. The van der Waals surface area contributed by atoms with Gasteiger partial charge in [0.15, 0.2) is 0 Å². The van der Waals surface area contributed by atoms with Crippen LogP contribution in [0.15, 0.2) is 72.8 Å². The third kappa shape index (κ3) is 5.37. The minimum atomic E-state index is -0.194. The number of para-hydroxylation sites is 1. The fourth-order valence-electron chi connectivity index (χ4n) is 5.48. The number of anilines is 2. The maximum Gasteiger partial charge on any atom is 0.258 e. The number of benzene rings is 3. The number of nitrogens with zero attached hydrogens (tertiary/aromatic N) is 2. The number of ether oxygens (including phenoxy) is 1.